The predicted molar refractivity (Wildman–Crippen MR) is 160 cm³/mol. The van der Waals surface area contributed by atoms with Gasteiger partial charge in [0.15, 0.2) is 11.6 Å². The molecule has 14 heteroatoms. The fourth-order valence-electron chi connectivity index (χ4n) is 5.76. The number of anilines is 3. The van der Waals surface area contributed by atoms with Crippen LogP contribution in [0.5, 0.6) is 5.75 Å². The summed E-state index contributed by atoms with van der Waals surface area (Å²) in [5.74, 6) is 1.58. The number of imidazole rings is 1. The number of ether oxygens (including phenoxy) is 1. The van der Waals surface area contributed by atoms with Crippen molar-refractivity contribution >= 4 is 34.5 Å². The van der Waals surface area contributed by atoms with Crippen LogP contribution in [0, 0.1) is 5.41 Å². The van der Waals surface area contributed by atoms with E-state index in [0.29, 0.717) is 42.1 Å². The molecule has 6 rings (SSSR count). The molecule has 3 aromatic heterocycles. The molecule has 1 aliphatic carbocycles. The van der Waals surface area contributed by atoms with Crippen molar-refractivity contribution in [2.45, 2.75) is 32.0 Å². The number of amides is 1. The normalized spacial score (nSPS) is 17.4. The van der Waals surface area contributed by atoms with Gasteiger partial charge in [0, 0.05) is 58.1 Å². The lowest BCUT2D eigenvalue weighted by Crippen LogP contribution is -2.53. The third kappa shape index (κ3) is 5.38. The van der Waals surface area contributed by atoms with Crippen molar-refractivity contribution in [3.8, 4) is 17.0 Å². The first kappa shape index (κ1) is 29.6. The second kappa shape index (κ2) is 11.2. The molecule has 1 aromatic carbocycles. The molecule has 0 bridgehead atoms. The zero-order valence-electron chi connectivity index (χ0n) is 24.9. The minimum absolute atomic E-state index is 0.0264. The Bertz CT molecular complexity index is 1680. The summed E-state index contributed by atoms with van der Waals surface area (Å²) >= 11 is 0. The molecule has 1 saturated heterocycles. The van der Waals surface area contributed by atoms with E-state index in [9.17, 15) is 18.0 Å². The summed E-state index contributed by atoms with van der Waals surface area (Å²) in [7, 11) is 5.38. The Kier molecular flexibility index (Phi) is 7.56. The van der Waals surface area contributed by atoms with Gasteiger partial charge in [0.1, 0.15) is 23.3 Å². The van der Waals surface area contributed by atoms with E-state index < -0.39 is 17.5 Å². The number of methoxy groups -OCH3 is 1. The van der Waals surface area contributed by atoms with Gasteiger partial charge in [0.25, 0.3) is 0 Å². The summed E-state index contributed by atoms with van der Waals surface area (Å²) in [6, 6.07) is 9.60. The lowest BCUT2D eigenvalue weighted by molar-refractivity contribution is -0.199. The van der Waals surface area contributed by atoms with E-state index >= 15 is 0 Å². The zero-order valence-corrected chi connectivity index (χ0v) is 24.9. The molecule has 2 fully saturated rings. The Morgan fingerprint density at radius 3 is 2.50 bits per heavy atom. The highest BCUT2D eigenvalue weighted by Crippen LogP contribution is 2.58. The highest BCUT2D eigenvalue weighted by Gasteiger charge is 2.69. The van der Waals surface area contributed by atoms with Crippen LogP contribution in [-0.2, 0) is 4.79 Å². The maximum atomic E-state index is 13.4. The number of H-pyrrole nitrogens is 1. The Hall–Kier alpha value is -4.46. The average Bonchev–Trinajstić information content (AvgIpc) is 3.75. The van der Waals surface area contributed by atoms with Gasteiger partial charge in [-0.3, -0.25) is 9.69 Å². The second-order valence-electron chi connectivity index (χ2n) is 11.5. The number of piperazine rings is 1. The SMILES string of the molecule is COc1c(-c2ccc3nc(Nc4cc(C(C)N5CCN(C(=O)C6(C(F)(F)F)CC6)CC5)ccn4)[nH]c3c2)ncnc1N(C)C. The van der Waals surface area contributed by atoms with E-state index in [1.165, 1.54) is 11.2 Å². The maximum Gasteiger partial charge on any atom is 0.403 e. The number of nitrogens with zero attached hydrogens (tertiary/aromatic N) is 7. The molecule has 0 radical (unpaired) electrons. The van der Waals surface area contributed by atoms with Gasteiger partial charge in [-0.05, 0) is 49.6 Å². The number of pyridine rings is 1. The van der Waals surface area contributed by atoms with E-state index in [1.807, 2.05) is 56.3 Å². The number of aromatic nitrogens is 5. The van der Waals surface area contributed by atoms with Crippen LogP contribution in [0.15, 0.2) is 42.9 Å². The molecule has 1 amide bonds. The maximum absolute atomic E-state index is 13.4. The Balaban J connectivity index is 1.13. The standard InChI is InChI=1S/C30H34F3N9O2/c1-18(41-11-13-42(14-12-41)27(43)29(8-9-29)30(31,32)33)19-7-10-34-23(16-19)39-28-37-21-6-5-20(15-22(21)38-28)24-25(44-4)26(40(2)3)36-17-35-24/h5-7,10,15-18H,8-9,11-14H2,1-4H3,(H2,34,37,38,39). The van der Waals surface area contributed by atoms with Crippen LogP contribution in [0.3, 0.4) is 0 Å². The molecule has 1 atom stereocenters. The number of halogens is 3. The molecule has 0 spiro atoms. The van der Waals surface area contributed by atoms with Gasteiger partial charge in [-0.15, -0.1) is 0 Å². The molecule has 4 aromatic rings. The molecule has 2 N–H and O–H groups in total. The zero-order chi connectivity index (χ0) is 31.2. The van der Waals surface area contributed by atoms with Gasteiger partial charge >= 0.3 is 6.18 Å². The Labute approximate surface area is 252 Å². The number of hydrogen-bond acceptors (Lipinski definition) is 9. The van der Waals surface area contributed by atoms with Crippen LogP contribution in [0.2, 0.25) is 0 Å². The summed E-state index contributed by atoms with van der Waals surface area (Å²) < 4.78 is 46.0. The number of nitrogens with one attached hydrogen (secondary N) is 2. The minimum atomic E-state index is -4.49. The molecule has 1 aliphatic heterocycles. The topological polar surface area (TPSA) is 115 Å². The molecular weight excluding hydrogens is 575 g/mol. The van der Waals surface area contributed by atoms with E-state index in [4.69, 9.17) is 4.74 Å². The Morgan fingerprint density at radius 1 is 1.09 bits per heavy atom. The molecule has 11 nitrogen and oxygen atoms in total. The summed E-state index contributed by atoms with van der Waals surface area (Å²) in [6.45, 7) is 3.57. The van der Waals surface area contributed by atoms with Gasteiger partial charge in [-0.2, -0.15) is 13.2 Å². The van der Waals surface area contributed by atoms with Crippen molar-refractivity contribution in [2.75, 3.05) is 57.6 Å². The van der Waals surface area contributed by atoms with E-state index in [1.54, 1.807) is 13.3 Å². The third-order valence-corrected chi connectivity index (χ3v) is 8.53. The monoisotopic (exact) mass is 609 g/mol. The predicted octanol–water partition coefficient (Wildman–Crippen LogP) is 4.78. The molecular formula is C30H34F3N9O2. The third-order valence-electron chi connectivity index (χ3n) is 8.53. The van der Waals surface area contributed by atoms with E-state index in [2.05, 4.69) is 35.1 Å². The van der Waals surface area contributed by atoms with Crippen LogP contribution in [-0.4, -0.2) is 94.2 Å². The highest BCUT2D eigenvalue weighted by molar-refractivity contribution is 5.87. The van der Waals surface area contributed by atoms with E-state index in [0.717, 1.165) is 22.2 Å². The van der Waals surface area contributed by atoms with Gasteiger partial charge in [-0.25, -0.2) is 19.9 Å². The van der Waals surface area contributed by atoms with Gasteiger partial charge < -0.3 is 24.8 Å². The lowest BCUT2D eigenvalue weighted by atomic mass is 10.0. The first-order valence-corrected chi connectivity index (χ1v) is 14.4. The van der Waals surface area contributed by atoms with Crippen molar-refractivity contribution < 1.29 is 22.7 Å². The summed E-state index contributed by atoms with van der Waals surface area (Å²) in [4.78, 5) is 39.3. The molecule has 1 unspecified atom stereocenters. The number of fused-ring (bicyclic) bond motifs is 1. The number of carbonyl (C=O) groups excluding carboxylic acids is 1. The van der Waals surface area contributed by atoms with Gasteiger partial charge in [0.05, 0.1) is 18.1 Å². The first-order chi connectivity index (χ1) is 21.0. The summed E-state index contributed by atoms with van der Waals surface area (Å²) in [5, 5.41) is 3.24. The summed E-state index contributed by atoms with van der Waals surface area (Å²) in [5.41, 5.74) is 1.89. The van der Waals surface area contributed by atoms with Crippen molar-refractivity contribution in [3.63, 3.8) is 0 Å². The van der Waals surface area contributed by atoms with Crippen molar-refractivity contribution in [1.29, 1.82) is 0 Å². The Morgan fingerprint density at radius 2 is 1.84 bits per heavy atom. The number of rotatable bonds is 8. The summed E-state index contributed by atoms with van der Waals surface area (Å²) in [6.07, 6.45) is -1.50. The fourth-order valence-corrected chi connectivity index (χ4v) is 5.76. The largest absolute Gasteiger partial charge is 0.491 e. The number of alkyl halides is 3. The van der Waals surface area contributed by atoms with Crippen LogP contribution >= 0.6 is 0 Å². The van der Waals surface area contributed by atoms with Gasteiger partial charge in [0.2, 0.25) is 11.9 Å². The lowest BCUT2D eigenvalue weighted by Gasteiger charge is -2.39. The van der Waals surface area contributed by atoms with Crippen LogP contribution < -0.4 is 15.0 Å². The molecule has 1 saturated carbocycles. The highest BCUT2D eigenvalue weighted by atomic mass is 19.4. The minimum Gasteiger partial charge on any atom is -0.491 e. The number of benzene rings is 1. The van der Waals surface area contributed by atoms with Crippen molar-refractivity contribution in [2.24, 2.45) is 5.41 Å². The van der Waals surface area contributed by atoms with E-state index in [-0.39, 0.29) is 32.0 Å². The second-order valence-corrected chi connectivity index (χ2v) is 11.5. The van der Waals surface area contributed by atoms with Crippen LogP contribution in [0.1, 0.15) is 31.4 Å². The molecule has 4 heterocycles. The smallest absolute Gasteiger partial charge is 0.403 e. The van der Waals surface area contributed by atoms with Crippen LogP contribution in [0.25, 0.3) is 22.3 Å². The number of hydrogen-bond donors (Lipinski definition) is 2. The number of carbonyl (C=O) groups is 1. The fraction of sp³-hybridized carbons (Fsp3) is 0.433. The molecule has 232 valence electrons. The van der Waals surface area contributed by atoms with Crippen molar-refractivity contribution in [1.82, 2.24) is 34.7 Å². The molecule has 2 aliphatic rings. The number of aromatic amines is 1. The average molecular weight is 610 g/mol. The molecule has 44 heavy (non-hydrogen) atoms. The first-order valence-electron chi connectivity index (χ1n) is 14.4. The van der Waals surface area contributed by atoms with Crippen molar-refractivity contribution in [3.05, 3.63) is 48.4 Å². The van der Waals surface area contributed by atoms with Gasteiger partial charge in [-0.1, -0.05) is 6.07 Å². The van der Waals surface area contributed by atoms with Crippen LogP contribution in [0.4, 0.5) is 30.8 Å². The quantitative estimate of drug-likeness (QED) is 0.291.